The summed E-state index contributed by atoms with van der Waals surface area (Å²) < 4.78 is 56.7. The Hall–Kier alpha value is -3.62. The molecule has 1 heterocycles. The second-order valence-electron chi connectivity index (χ2n) is 5.99. The van der Waals surface area contributed by atoms with Gasteiger partial charge < -0.3 is 23.9 Å². The fraction of sp³-hybridized carbons (Fsp3) is 0.190. The maximum atomic E-state index is 12.2. The molecule has 1 aromatic heterocycles. The topological polar surface area (TPSA) is 69.9 Å². The zero-order valence-corrected chi connectivity index (χ0v) is 15.9. The molecule has 3 aromatic rings. The van der Waals surface area contributed by atoms with E-state index < -0.39 is 12.3 Å². The first kappa shape index (κ1) is 21.1. The van der Waals surface area contributed by atoms with Gasteiger partial charge >= 0.3 is 6.36 Å². The largest absolute Gasteiger partial charge is 0.573 e. The van der Waals surface area contributed by atoms with Gasteiger partial charge in [-0.3, -0.25) is 4.79 Å². The van der Waals surface area contributed by atoms with E-state index in [1.165, 1.54) is 18.2 Å². The average molecular weight is 421 g/mol. The fourth-order valence-corrected chi connectivity index (χ4v) is 2.46. The predicted octanol–water partition coefficient (Wildman–Crippen LogP) is 5.41. The number of rotatable bonds is 8. The maximum Gasteiger partial charge on any atom is 0.573 e. The Morgan fingerprint density at radius 1 is 0.900 bits per heavy atom. The zero-order valence-electron chi connectivity index (χ0n) is 15.9. The van der Waals surface area contributed by atoms with Crippen molar-refractivity contribution in [2.45, 2.75) is 19.9 Å². The van der Waals surface area contributed by atoms with Gasteiger partial charge in [0.25, 0.3) is 5.91 Å². The van der Waals surface area contributed by atoms with Gasteiger partial charge in [-0.15, -0.1) is 13.2 Å². The van der Waals surface area contributed by atoms with E-state index in [1.54, 1.807) is 30.3 Å². The highest BCUT2D eigenvalue weighted by Crippen LogP contribution is 2.24. The molecule has 158 valence electrons. The van der Waals surface area contributed by atoms with E-state index in [1.807, 2.05) is 6.92 Å². The highest BCUT2D eigenvalue weighted by molar-refractivity contribution is 6.02. The molecule has 0 aliphatic carbocycles. The lowest BCUT2D eigenvalue weighted by molar-refractivity contribution is -0.274. The lowest BCUT2D eigenvalue weighted by Crippen LogP contribution is -2.17. The molecule has 0 aliphatic rings. The average Bonchev–Trinajstić information content (AvgIpc) is 3.17. The van der Waals surface area contributed by atoms with Crippen molar-refractivity contribution in [2.75, 3.05) is 11.9 Å². The van der Waals surface area contributed by atoms with Crippen LogP contribution in [0.4, 0.5) is 18.9 Å². The van der Waals surface area contributed by atoms with Crippen molar-refractivity contribution in [1.29, 1.82) is 0 Å². The molecule has 2 aromatic carbocycles. The van der Waals surface area contributed by atoms with Crippen LogP contribution in [0.3, 0.4) is 0 Å². The third-order valence-electron chi connectivity index (χ3n) is 3.75. The summed E-state index contributed by atoms with van der Waals surface area (Å²) in [5.74, 6) is 0.889. The fourth-order valence-electron chi connectivity index (χ4n) is 2.46. The minimum absolute atomic E-state index is 0.0379. The number of hydrogen-bond acceptors (Lipinski definition) is 5. The lowest BCUT2D eigenvalue weighted by atomic mass is 10.3. The molecule has 0 spiro atoms. The van der Waals surface area contributed by atoms with Crippen molar-refractivity contribution < 1.29 is 36.6 Å². The van der Waals surface area contributed by atoms with Crippen LogP contribution < -0.4 is 19.5 Å². The van der Waals surface area contributed by atoms with Gasteiger partial charge in [0.15, 0.2) is 5.76 Å². The van der Waals surface area contributed by atoms with Gasteiger partial charge in [0.1, 0.15) is 29.6 Å². The van der Waals surface area contributed by atoms with Gasteiger partial charge in [0, 0.05) is 5.69 Å². The van der Waals surface area contributed by atoms with Crippen LogP contribution in [0.15, 0.2) is 65.1 Å². The number of alkyl halides is 3. The molecule has 0 atom stereocenters. The molecule has 0 unspecified atom stereocenters. The van der Waals surface area contributed by atoms with Crippen LogP contribution in [0.5, 0.6) is 17.2 Å². The van der Waals surface area contributed by atoms with E-state index in [-0.39, 0.29) is 23.8 Å². The maximum absolute atomic E-state index is 12.2. The number of nitrogens with one attached hydrogen (secondary N) is 1. The van der Waals surface area contributed by atoms with Crippen LogP contribution in [-0.4, -0.2) is 18.9 Å². The standard InChI is InChI=1S/C21H18F3NO5/c1-2-27-15-7-9-16(10-8-15)28-13-18-11-12-19(29-18)20(26)25-14-3-5-17(6-4-14)30-21(22,23)24/h3-12H,2,13H2,1H3,(H,25,26). The second kappa shape index (κ2) is 9.25. The van der Waals surface area contributed by atoms with Gasteiger partial charge in [-0.1, -0.05) is 0 Å². The van der Waals surface area contributed by atoms with Crippen molar-refractivity contribution in [1.82, 2.24) is 0 Å². The summed E-state index contributed by atoms with van der Waals surface area (Å²) in [5, 5.41) is 2.53. The number of hydrogen-bond donors (Lipinski definition) is 1. The lowest BCUT2D eigenvalue weighted by Gasteiger charge is -2.09. The molecule has 0 aliphatic heterocycles. The van der Waals surface area contributed by atoms with Crippen LogP contribution in [0, 0.1) is 0 Å². The first-order valence-electron chi connectivity index (χ1n) is 8.94. The number of carbonyl (C=O) groups is 1. The number of benzene rings is 2. The second-order valence-corrected chi connectivity index (χ2v) is 5.99. The Labute approximate surface area is 170 Å². The Kier molecular flexibility index (Phi) is 6.51. The minimum atomic E-state index is -4.78. The third kappa shape index (κ3) is 6.20. The Bertz CT molecular complexity index is 966. The highest BCUT2D eigenvalue weighted by atomic mass is 19.4. The summed E-state index contributed by atoms with van der Waals surface area (Å²) >= 11 is 0. The summed E-state index contributed by atoms with van der Waals surface area (Å²) in [6.07, 6.45) is -4.78. The van der Waals surface area contributed by atoms with E-state index >= 15 is 0 Å². The Morgan fingerprint density at radius 3 is 2.10 bits per heavy atom. The molecule has 0 saturated carbocycles. The summed E-state index contributed by atoms with van der Waals surface area (Å²) in [5.41, 5.74) is 0.290. The normalized spacial score (nSPS) is 11.1. The van der Waals surface area contributed by atoms with Crippen LogP contribution in [0.1, 0.15) is 23.2 Å². The molecule has 0 fully saturated rings. The van der Waals surface area contributed by atoms with Crippen molar-refractivity contribution >= 4 is 11.6 Å². The van der Waals surface area contributed by atoms with Crippen molar-refractivity contribution in [3.8, 4) is 17.2 Å². The molecule has 0 bridgehead atoms. The summed E-state index contributed by atoms with van der Waals surface area (Å²) in [6, 6.07) is 14.9. The number of furan rings is 1. The number of amides is 1. The first-order chi connectivity index (χ1) is 14.3. The van der Waals surface area contributed by atoms with Crippen molar-refractivity contribution in [3.63, 3.8) is 0 Å². The van der Waals surface area contributed by atoms with Crippen LogP contribution in [-0.2, 0) is 6.61 Å². The molecule has 0 saturated heterocycles. The van der Waals surface area contributed by atoms with Crippen LogP contribution in [0.2, 0.25) is 0 Å². The van der Waals surface area contributed by atoms with Crippen LogP contribution >= 0.6 is 0 Å². The Morgan fingerprint density at radius 2 is 1.50 bits per heavy atom. The van der Waals surface area contributed by atoms with Gasteiger partial charge in [-0.05, 0) is 67.6 Å². The Balaban J connectivity index is 1.53. The zero-order chi connectivity index (χ0) is 21.6. The third-order valence-corrected chi connectivity index (χ3v) is 3.75. The molecular formula is C21H18F3NO5. The van der Waals surface area contributed by atoms with Gasteiger partial charge in [0.2, 0.25) is 0 Å². The molecule has 0 radical (unpaired) electrons. The highest BCUT2D eigenvalue weighted by Gasteiger charge is 2.31. The van der Waals surface area contributed by atoms with Crippen molar-refractivity contribution in [3.05, 3.63) is 72.2 Å². The smallest absolute Gasteiger partial charge is 0.494 e. The van der Waals surface area contributed by atoms with E-state index in [0.29, 0.717) is 18.1 Å². The number of ether oxygens (including phenoxy) is 3. The number of carbonyl (C=O) groups excluding carboxylic acids is 1. The minimum Gasteiger partial charge on any atom is -0.494 e. The molecule has 6 nitrogen and oxygen atoms in total. The summed E-state index contributed by atoms with van der Waals surface area (Å²) in [6.45, 7) is 2.58. The van der Waals surface area contributed by atoms with Crippen LogP contribution in [0.25, 0.3) is 0 Å². The quantitative estimate of drug-likeness (QED) is 0.527. The van der Waals surface area contributed by atoms with Gasteiger partial charge in [-0.2, -0.15) is 0 Å². The van der Waals surface area contributed by atoms with Crippen molar-refractivity contribution in [2.24, 2.45) is 0 Å². The number of halogens is 3. The number of anilines is 1. The van der Waals surface area contributed by atoms with E-state index in [9.17, 15) is 18.0 Å². The molecule has 1 N–H and O–H groups in total. The summed E-state index contributed by atoms with van der Waals surface area (Å²) in [4.78, 5) is 12.2. The predicted molar refractivity (Wildman–Crippen MR) is 102 cm³/mol. The molecule has 1 amide bonds. The summed E-state index contributed by atoms with van der Waals surface area (Å²) in [7, 11) is 0. The monoisotopic (exact) mass is 421 g/mol. The molecule has 9 heteroatoms. The first-order valence-corrected chi connectivity index (χ1v) is 8.94. The van der Waals surface area contributed by atoms with E-state index in [2.05, 4.69) is 10.1 Å². The van der Waals surface area contributed by atoms with Gasteiger partial charge in [-0.25, -0.2) is 0 Å². The molecule has 30 heavy (non-hydrogen) atoms. The van der Waals surface area contributed by atoms with E-state index in [4.69, 9.17) is 13.9 Å². The van der Waals surface area contributed by atoms with Gasteiger partial charge in [0.05, 0.1) is 6.61 Å². The SMILES string of the molecule is CCOc1ccc(OCc2ccc(C(=O)Nc3ccc(OC(F)(F)F)cc3)o2)cc1. The van der Waals surface area contributed by atoms with E-state index in [0.717, 1.165) is 17.9 Å². The molecule has 3 rings (SSSR count). The molecular weight excluding hydrogens is 403 g/mol.